The second-order valence-electron chi connectivity index (χ2n) is 9.13. The van der Waals surface area contributed by atoms with E-state index < -0.39 is 34.1 Å². The Labute approximate surface area is 234 Å². The molecule has 2 N–H and O–H groups in total. The van der Waals surface area contributed by atoms with E-state index in [0.29, 0.717) is 16.5 Å². The van der Waals surface area contributed by atoms with Crippen LogP contribution in [0.25, 0.3) is 0 Å². The number of hydrogen-bond acceptors (Lipinski definition) is 6. The zero-order valence-corrected chi connectivity index (χ0v) is 23.7. The van der Waals surface area contributed by atoms with E-state index in [-0.39, 0.29) is 18.9 Å². The van der Waals surface area contributed by atoms with Crippen LogP contribution in [0.15, 0.2) is 88.2 Å². The van der Waals surface area contributed by atoms with Crippen LogP contribution in [0.4, 0.5) is 11.5 Å². The summed E-state index contributed by atoms with van der Waals surface area (Å²) in [6.07, 6.45) is 6.64. The van der Waals surface area contributed by atoms with Gasteiger partial charge in [-0.1, -0.05) is 42.3 Å². The molecule has 11 heteroatoms. The molecule has 0 aliphatic rings. The predicted octanol–water partition coefficient (Wildman–Crippen LogP) is 4.36. The Balaban J connectivity index is 1.93. The van der Waals surface area contributed by atoms with Crippen molar-refractivity contribution in [2.75, 3.05) is 11.6 Å². The number of allylic oxidation sites excluding steroid dienone is 3. The maximum absolute atomic E-state index is 13.5. The first-order valence-electron chi connectivity index (χ1n) is 12.1. The summed E-state index contributed by atoms with van der Waals surface area (Å²) in [5.41, 5.74) is 1.40. The van der Waals surface area contributed by atoms with Crippen molar-refractivity contribution >= 4 is 40.0 Å². The van der Waals surface area contributed by atoms with Gasteiger partial charge in [-0.15, -0.1) is 0 Å². The van der Waals surface area contributed by atoms with Gasteiger partial charge in [0.2, 0.25) is 5.91 Å². The smallest absolute Gasteiger partial charge is 0.332 e. The lowest BCUT2D eigenvalue weighted by atomic mass is 10.1. The highest BCUT2D eigenvalue weighted by Crippen LogP contribution is 2.20. The van der Waals surface area contributed by atoms with Gasteiger partial charge in [-0.2, -0.15) is 0 Å². The Morgan fingerprint density at radius 3 is 2.36 bits per heavy atom. The Hall–Kier alpha value is -3.89. The number of benzene rings is 2. The zero-order valence-electron chi connectivity index (χ0n) is 22.1. The van der Waals surface area contributed by atoms with E-state index in [9.17, 15) is 18.6 Å². The molecule has 0 aliphatic carbocycles. The van der Waals surface area contributed by atoms with Gasteiger partial charge < -0.3 is 10.1 Å². The molecule has 0 spiro atoms. The van der Waals surface area contributed by atoms with Crippen molar-refractivity contribution in [2.45, 2.75) is 33.9 Å². The van der Waals surface area contributed by atoms with Gasteiger partial charge >= 0.3 is 5.69 Å². The molecule has 9 nitrogen and oxygen atoms in total. The lowest BCUT2D eigenvalue weighted by Gasteiger charge is -2.18. The van der Waals surface area contributed by atoms with Crippen LogP contribution in [0.1, 0.15) is 26.3 Å². The van der Waals surface area contributed by atoms with Crippen molar-refractivity contribution in [1.29, 1.82) is 0 Å². The fourth-order valence-electron chi connectivity index (χ4n) is 3.53. The highest BCUT2D eigenvalue weighted by Gasteiger charge is 2.19. The molecule has 0 fully saturated rings. The van der Waals surface area contributed by atoms with Gasteiger partial charge in [-0.05, 0) is 61.9 Å². The molecule has 206 valence electrons. The number of aromatic nitrogens is 2. The third-order valence-corrected chi connectivity index (χ3v) is 6.26. The van der Waals surface area contributed by atoms with Crippen molar-refractivity contribution in [3.63, 3.8) is 0 Å². The quantitative estimate of drug-likeness (QED) is 0.262. The summed E-state index contributed by atoms with van der Waals surface area (Å²) < 4.78 is 21.7. The second kappa shape index (κ2) is 13.8. The summed E-state index contributed by atoms with van der Waals surface area (Å²) in [7, 11) is -1.56. The normalized spacial score (nSPS) is 12.5. The number of halogens is 1. The van der Waals surface area contributed by atoms with Crippen molar-refractivity contribution < 1.29 is 13.7 Å². The Morgan fingerprint density at radius 1 is 1.08 bits per heavy atom. The van der Waals surface area contributed by atoms with Crippen molar-refractivity contribution in [3.8, 4) is 5.75 Å². The number of rotatable bonds is 11. The molecule has 1 unspecified atom stereocenters. The maximum atomic E-state index is 13.5. The minimum Gasteiger partial charge on any atom is -0.465 e. The number of amides is 1. The number of ether oxygens (including phenoxy) is 1. The van der Waals surface area contributed by atoms with E-state index in [1.54, 1.807) is 67.8 Å². The first kappa shape index (κ1) is 29.7. The highest BCUT2D eigenvalue weighted by atomic mass is 35.5. The van der Waals surface area contributed by atoms with Gasteiger partial charge in [-0.3, -0.25) is 23.4 Å². The average molecular weight is 571 g/mol. The average Bonchev–Trinajstić information content (AvgIpc) is 2.88. The van der Waals surface area contributed by atoms with Crippen LogP contribution in [0.5, 0.6) is 5.75 Å². The second-order valence-corrected chi connectivity index (χ2v) is 10.7. The van der Waals surface area contributed by atoms with E-state index >= 15 is 0 Å². The van der Waals surface area contributed by atoms with Gasteiger partial charge in [0, 0.05) is 29.6 Å². The van der Waals surface area contributed by atoms with Crippen LogP contribution < -0.4 is 26.0 Å². The molecule has 1 heterocycles. The van der Waals surface area contributed by atoms with Crippen molar-refractivity contribution in [2.24, 2.45) is 5.92 Å². The molecule has 2 atom stereocenters. The van der Waals surface area contributed by atoms with E-state index in [4.69, 9.17) is 16.3 Å². The standard InChI is InChI=1S/C28H31ClN4O5S/c1-19(2)6-5-15-38-24-13-11-23(12-14-24)30-25-16-26(34)33(17-20(3)27(35)31-39(4)37)28(36)32(25)18-21-7-9-22(29)10-8-21/h5-16,20,30H,17-18H2,1-4H3,(H,31,35)/b15-5+/t20-,39?/m0/s1. The van der Waals surface area contributed by atoms with Gasteiger partial charge in [-0.25, -0.2) is 9.00 Å². The van der Waals surface area contributed by atoms with Crippen LogP contribution in [0, 0.1) is 5.92 Å². The van der Waals surface area contributed by atoms with Gasteiger partial charge in [0.25, 0.3) is 5.56 Å². The van der Waals surface area contributed by atoms with Gasteiger partial charge in [0.05, 0.1) is 18.7 Å². The van der Waals surface area contributed by atoms with Gasteiger partial charge in [0.1, 0.15) is 22.6 Å². The van der Waals surface area contributed by atoms with E-state index in [0.717, 1.165) is 15.7 Å². The number of nitrogens with zero attached hydrogens (tertiary/aromatic N) is 2. The van der Waals surface area contributed by atoms with Crippen LogP contribution in [0.3, 0.4) is 0 Å². The monoisotopic (exact) mass is 570 g/mol. The van der Waals surface area contributed by atoms with Crippen molar-refractivity contribution in [3.05, 3.63) is 110 Å². The lowest BCUT2D eigenvalue weighted by molar-refractivity contribution is -0.123. The molecule has 0 aliphatic heterocycles. The third-order valence-electron chi connectivity index (χ3n) is 5.52. The summed E-state index contributed by atoms with van der Waals surface area (Å²) >= 11 is 6.02. The van der Waals surface area contributed by atoms with E-state index in [2.05, 4.69) is 10.0 Å². The van der Waals surface area contributed by atoms with Crippen LogP contribution in [0.2, 0.25) is 5.02 Å². The van der Waals surface area contributed by atoms with E-state index in [1.165, 1.54) is 16.9 Å². The molecule has 0 saturated heterocycles. The molecule has 0 bridgehead atoms. The summed E-state index contributed by atoms with van der Waals surface area (Å²) in [5.74, 6) is -0.389. The largest absolute Gasteiger partial charge is 0.465 e. The SMILES string of the molecule is CC(C)=C/C=C/Oc1ccc(Nc2cc(=O)n(C[C@H](C)C(=O)NS(C)=O)c(=O)n2Cc2ccc(Cl)cc2)cc1. The third kappa shape index (κ3) is 8.83. The Kier molecular flexibility index (Phi) is 10.5. The first-order valence-corrected chi connectivity index (χ1v) is 14.0. The number of carbonyl (C=O) groups excluding carboxylic acids is 1. The lowest BCUT2D eigenvalue weighted by Crippen LogP contribution is -2.44. The number of anilines is 2. The fourth-order valence-corrected chi connectivity index (χ4v) is 4.14. The van der Waals surface area contributed by atoms with Crippen LogP contribution in [-0.4, -0.2) is 25.5 Å². The fraction of sp³-hybridized carbons (Fsp3) is 0.250. The molecule has 1 amide bonds. The van der Waals surface area contributed by atoms with Crippen LogP contribution in [-0.2, 0) is 28.9 Å². The summed E-state index contributed by atoms with van der Waals surface area (Å²) in [4.78, 5) is 38.8. The topological polar surface area (TPSA) is 111 Å². The van der Waals surface area contributed by atoms with Crippen molar-refractivity contribution in [1.82, 2.24) is 13.9 Å². The van der Waals surface area contributed by atoms with Gasteiger partial charge in [0.15, 0.2) is 0 Å². The molecule has 2 aromatic carbocycles. The molecule has 3 aromatic rings. The zero-order chi connectivity index (χ0) is 28.5. The molecule has 3 rings (SSSR count). The summed E-state index contributed by atoms with van der Waals surface area (Å²) in [6, 6.07) is 15.4. The van der Waals surface area contributed by atoms with Crippen LogP contribution >= 0.6 is 11.6 Å². The minimum absolute atomic E-state index is 0.147. The molecule has 39 heavy (non-hydrogen) atoms. The maximum Gasteiger partial charge on any atom is 0.332 e. The predicted molar refractivity (Wildman–Crippen MR) is 156 cm³/mol. The number of carbonyl (C=O) groups is 1. The number of hydrogen-bond donors (Lipinski definition) is 2. The Morgan fingerprint density at radius 2 is 1.74 bits per heavy atom. The molecule has 0 radical (unpaired) electrons. The molecule has 0 saturated carbocycles. The Bertz CT molecular complexity index is 1500. The summed E-state index contributed by atoms with van der Waals surface area (Å²) in [6.45, 7) is 5.51. The summed E-state index contributed by atoms with van der Waals surface area (Å²) in [5, 5.41) is 3.70. The molecule has 1 aromatic heterocycles. The highest BCUT2D eigenvalue weighted by molar-refractivity contribution is 7.82. The van der Waals surface area contributed by atoms with E-state index in [1.807, 2.05) is 19.9 Å². The molecular formula is C28H31ClN4O5S. The molecular weight excluding hydrogens is 540 g/mol. The minimum atomic E-state index is -1.56. The first-order chi connectivity index (χ1) is 18.5. The number of nitrogens with one attached hydrogen (secondary N) is 2.